The number of alkyl halides is 2. The normalized spacial score (nSPS) is 22.3. The molecule has 1 aliphatic rings. The van der Waals surface area contributed by atoms with Gasteiger partial charge >= 0.3 is 0 Å². The molecule has 0 aromatic heterocycles. The fraction of sp³-hybridized carbons (Fsp3) is 0.833. The highest BCUT2D eigenvalue weighted by atomic mass is 35.5. The number of halogens is 2. The second-order valence-electron chi connectivity index (χ2n) is 4.89. The lowest BCUT2D eigenvalue weighted by Gasteiger charge is -2.33. The molecule has 0 saturated heterocycles. The zero-order valence-corrected chi connectivity index (χ0v) is 11.0. The first-order valence-corrected chi connectivity index (χ1v) is 6.18. The van der Waals surface area contributed by atoms with Crippen molar-refractivity contribution < 1.29 is 0 Å². The minimum absolute atomic E-state index is 0.516. The van der Waals surface area contributed by atoms with Gasteiger partial charge in [0.05, 0.1) is 0 Å². The van der Waals surface area contributed by atoms with Crippen LogP contribution in [0.25, 0.3) is 0 Å². The van der Waals surface area contributed by atoms with E-state index in [0.29, 0.717) is 11.8 Å². The summed E-state index contributed by atoms with van der Waals surface area (Å²) in [5, 5.41) is 0. The predicted molar refractivity (Wildman–Crippen MR) is 65.0 cm³/mol. The third kappa shape index (κ3) is 2.90. The van der Waals surface area contributed by atoms with E-state index in [1.807, 2.05) is 0 Å². The van der Waals surface area contributed by atoms with Crippen LogP contribution in [0.2, 0.25) is 0 Å². The summed E-state index contributed by atoms with van der Waals surface area (Å²) in [6.45, 7) is 8.97. The molecule has 0 nitrogen and oxygen atoms in total. The van der Waals surface area contributed by atoms with Gasteiger partial charge in [-0.15, -0.1) is 23.2 Å². The molecule has 0 atom stereocenters. The molecule has 1 aliphatic carbocycles. The van der Waals surface area contributed by atoms with Gasteiger partial charge in [0.25, 0.3) is 0 Å². The number of hydrogen-bond acceptors (Lipinski definition) is 0. The lowest BCUT2D eigenvalue weighted by Crippen LogP contribution is -2.23. The molecule has 82 valence electrons. The molecule has 0 unspecified atom stereocenters. The Kier molecular flexibility index (Phi) is 3.94. The second kappa shape index (κ2) is 4.45. The minimum Gasteiger partial charge on any atom is -0.101 e. The Labute approximate surface area is 97.7 Å². The summed E-state index contributed by atoms with van der Waals surface area (Å²) in [4.78, 5) is 0. The molecule has 0 radical (unpaired) electrons. The topological polar surface area (TPSA) is 0 Å². The van der Waals surface area contributed by atoms with Crippen LogP contribution in [0.1, 0.15) is 47.0 Å². The largest absolute Gasteiger partial charge is 0.122 e. The Morgan fingerprint density at radius 2 is 1.50 bits per heavy atom. The van der Waals surface area contributed by atoms with Crippen molar-refractivity contribution >= 4 is 23.2 Å². The van der Waals surface area contributed by atoms with Gasteiger partial charge < -0.3 is 0 Å². The van der Waals surface area contributed by atoms with Crippen LogP contribution in [0.5, 0.6) is 0 Å². The van der Waals surface area contributed by atoms with Crippen LogP contribution in [-0.4, -0.2) is 4.33 Å². The standard InChI is InChI=1S/C12H20Cl2/c1-8(2)10-5-6-12(13,14)7-11(10)9(3)4/h8-9H,5-7H2,1-4H3. The first-order valence-electron chi connectivity index (χ1n) is 5.43. The van der Waals surface area contributed by atoms with E-state index >= 15 is 0 Å². The maximum Gasteiger partial charge on any atom is 0.122 e. The predicted octanol–water partition coefficient (Wildman–Crippen LogP) is 4.95. The third-order valence-corrected chi connectivity index (χ3v) is 3.66. The molecule has 1 rings (SSSR count). The molecule has 14 heavy (non-hydrogen) atoms. The van der Waals surface area contributed by atoms with E-state index in [4.69, 9.17) is 23.2 Å². The molecular weight excluding hydrogens is 215 g/mol. The highest BCUT2D eigenvalue weighted by Gasteiger charge is 2.32. The summed E-state index contributed by atoms with van der Waals surface area (Å²) < 4.78 is -0.516. The molecule has 0 heterocycles. The van der Waals surface area contributed by atoms with Gasteiger partial charge in [0.15, 0.2) is 0 Å². The summed E-state index contributed by atoms with van der Waals surface area (Å²) in [7, 11) is 0. The molecule has 0 aliphatic heterocycles. The van der Waals surface area contributed by atoms with E-state index in [-0.39, 0.29) is 0 Å². The molecule has 2 heteroatoms. The Bertz CT molecular complexity index is 237. The van der Waals surface area contributed by atoms with Gasteiger partial charge in [0.2, 0.25) is 0 Å². The molecule has 0 amide bonds. The molecule has 0 aromatic carbocycles. The lowest BCUT2D eigenvalue weighted by molar-refractivity contribution is 0.529. The SMILES string of the molecule is CC(C)C1=C(C(C)C)CC(Cl)(Cl)CC1. The number of hydrogen-bond donors (Lipinski definition) is 0. The average Bonchev–Trinajstić information content (AvgIpc) is 2.01. The van der Waals surface area contributed by atoms with Crippen molar-refractivity contribution in [1.29, 1.82) is 0 Å². The molecule has 0 fully saturated rings. The molecule has 0 N–H and O–H groups in total. The van der Waals surface area contributed by atoms with Crippen molar-refractivity contribution in [2.75, 3.05) is 0 Å². The van der Waals surface area contributed by atoms with Crippen molar-refractivity contribution in [1.82, 2.24) is 0 Å². The third-order valence-electron chi connectivity index (χ3n) is 3.02. The highest BCUT2D eigenvalue weighted by Crippen LogP contribution is 2.44. The van der Waals surface area contributed by atoms with E-state index in [1.54, 1.807) is 5.57 Å². The van der Waals surface area contributed by atoms with Gasteiger partial charge in [-0.1, -0.05) is 38.8 Å². The Balaban J connectivity index is 2.96. The Hall–Kier alpha value is 0.320. The summed E-state index contributed by atoms with van der Waals surface area (Å²) >= 11 is 12.4. The zero-order valence-electron chi connectivity index (χ0n) is 9.53. The van der Waals surface area contributed by atoms with Gasteiger partial charge in [0.1, 0.15) is 4.33 Å². The van der Waals surface area contributed by atoms with E-state index in [0.717, 1.165) is 19.3 Å². The summed E-state index contributed by atoms with van der Waals surface area (Å²) in [5.41, 5.74) is 3.06. The van der Waals surface area contributed by atoms with E-state index in [2.05, 4.69) is 27.7 Å². The first-order chi connectivity index (χ1) is 6.33. The van der Waals surface area contributed by atoms with E-state index < -0.39 is 4.33 Å². The van der Waals surface area contributed by atoms with Gasteiger partial charge in [-0.3, -0.25) is 0 Å². The maximum absolute atomic E-state index is 6.21. The quantitative estimate of drug-likeness (QED) is 0.469. The van der Waals surface area contributed by atoms with E-state index in [1.165, 1.54) is 5.57 Å². The van der Waals surface area contributed by atoms with Crippen LogP contribution in [0.3, 0.4) is 0 Å². The smallest absolute Gasteiger partial charge is 0.101 e. The summed E-state index contributed by atoms with van der Waals surface area (Å²) in [6, 6.07) is 0. The lowest BCUT2D eigenvalue weighted by atomic mass is 9.80. The average molecular weight is 235 g/mol. The zero-order chi connectivity index (χ0) is 10.9. The first kappa shape index (κ1) is 12.4. The fourth-order valence-corrected chi connectivity index (χ4v) is 2.67. The molecular formula is C12H20Cl2. The van der Waals surface area contributed by atoms with Crippen molar-refractivity contribution in [3.05, 3.63) is 11.1 Å². The van der Waals surface area contributed by atoms with Crippen LogP contribution in [-0.2, 0) is 0 Å². The van der Waals surface area contributed by atoms with Crippen molar-refractivity contribution in [3.8, 4) is 0 Å². The van der Waals surface area contributed by atoms with E-state index in [9.17, 15) is 0 Å². The maximum atomic E-state index is 6.21. The van der Waals surface area contributed by atoms with Crippen LogP contribution in [0.15, 0.2) is 11.1 Å². The van der Waals surface area contributed by atoms with Crippen molar-refractivity contribution in [2.45, 2.75) is 51.3 Å². The van der Waals surface area contributed by atoms with Crippen molar-refractivity contribution in [3.63, 3.8) is 0 Å². The summed E-state index contributed by atoms with van der Waals surface area (Å²) in [6.07, 6.45) is 2.82. The molecule has 0 bridgehead atoms. The van der Waals surface area contributed by atoms with Crippen LogP contribution < -0.4 is 0 Å². The van der Waals surface area contributed by atoms with Gasteiger partial charge in [-0.25, -0.2) is 0 Å². The van der Waals surface area contributed by atoms with Crippen LogP contribution in [0, 0.1) is 11.8 Å². The molecule has 0 aromatic rings. The minimum atomic E-state index is -0.516. The van der Waals surface area contributed by atoms with Gasteiger partial charge in [-0.2, -0.15) is 0 Å². The van der Waals surface area contributed by atoms with Crippen molar-refractivity contribution in [2.24, 2.45) is 11.8 Å². The van der Waals surface area contributed by atoms with Crippen LogP contribution >= 0.6 is 23.2 Å². The van der Waals surface area contributed by atoms with Gasteiger partial charge in [0, 0.05) is 6.42 Å². The fourth-order valence-electron chi connectivity index (χ4n) is 2.19. The molecule has 0 saturated carbocycles. The number of rotatable bonds is 2. The second-order valence-corrected chi connectivity index (χ2v) is 6.53. The monoisotopic (exact) mass is 234 g/mol. The Morgan fingerprint density at radius 3 is 1.93 bits per heavy atom. The Morgan fingerprint density at radius 1 is 1.00 bits per heavy atom. The van der Waals surface area contributed by atoms with Gasteiger partial charge in [-0.05, 0) is 24.7 Å². The number of allylic oxidation sites excluding steroid dienone is 2. The highest BCUT2D eigenvalue weighted by molar-refractivity contribution is 6.48. The molecule has 0 spiro atoms. The summed E-state index contributed by atoms with van der Waals surface area (Å²) in [5.74, 6) is 1.21. The van der Waals surface area contributed by atoms with Crippen LogP contribution in [0.4, 0.5) is 0 Å².